The molecule has 0 radical (unpaired) electrons. The molecule has 22 heavy (non-hydrogen) atoms. The summed E-state index contributed by atoms with van der Waals surface area (Å²) in [6, 6.07) is 13.0. The molecule has 0 aliphatic carbocycles. The molecule has 0 amide bonds. The largest absolute Gasteiger partial charge is 0.346 e. The lowest BCUT2D eigenvalue weighted by Gasteiger charge is -2.00. The number of rotatable bonds is 3. The Bertz CT molecular complexity index is 943. The summed E-state index contributed by atoms with van der Waals surface area (Å²) in [4.78, 5) is 16.6. The molecule has 0 fully saturated rings. The third kappa shape index (κ3) is 2.87. The van der Waals surface area contributed by atoms with Gasteiger partial charge in [-0.1, -0.05) is 28.6 Å². The van der Waals surface area contributed by atoms with Gasteiger partial charge in [-0.2, -0.15) is 0 Å². The monoisotopic (exact) mass is 356 g/mol. The molecule has 1 aromatic carbocycles. The average Bonchev–Trinajstić information content (AvgIpc) is 2.82. The van der Waals surface area contributed by atoms with Gasteiger partial charge in [-0.05, 0) is 36.4 Å². The summed E-state index contributed by atoms with van der Waals surface area (Å²) >= 11 is 3.37. The van der Waals surface area contributed by atoms with E-state index in [1.165, 1.54) is 4.68 Å². The van der Waals surface area contributed by atoms with Crippen molar-refractivity contribution in [1.29, 1.82) is 0 Å². The van der Waals surface area contributed by atoms with E-state index in [9.17, 15) is 4.79 Å². The summed E-state index contributed by atoms with van der Waals surface area (Å²) in [6.45, 7) is 3.88. The predicted molar refractivity (Wildman–Crippen MR) is 91.2 cm³/mol. The van der Waals surface area contributed by atoms with Crippen LogP contribution in [0.1, 0.15) is 0 Å². The molecule has 0 aliphatic rings. The number of H-pyrrole nitrogens is 1. The van der Waals surface area contributed by atoms with E-state index in [4.69, 9.17) is 0 Å². The van der Waals surface area contributed by atoms with E-state index < -0.39 is 0 Å². The third-order valence-electron chi connectivity index (χ3n) is 3.12. The Labute approximate surface area is 134 Å². The van der Waals surface area contributed by atoms with Crippen LogP contribution >= 0.6 is 15.9 Å². The van der Waals surface area contributed by atoms with Gasteiger partial charge in [0.2, 0.25) is 0 Å². The molecule has 3 aromatic rings. The van der Waals surface area contributed by atoms with Crippen molar-refractivity contribution in [2.24, 2.45) is 0 Å². The van der Waals surface area contributed by atoms with E-state index >= 15 is 0 Å². The zero-order valence-electron chi connectivity index (χ0n) is 11.6. The molecule has 3 rings (SSSR count). The van der Waals surface area contributed by atoms with Crippen LogP contribution in [0.25, 0.3) is 18.5 Å². The molecular weight excluding hydrogens is 344 g/mol. The molecule has 5 nitrogen and oxygen atoms in total. The topological polar surface area (TPSA) is 62.7 Å². The zero-order valence-corrected chi connectivity index (χ0v) is 13.2. The normalized spacial score (nSPS) is 11.6. The highest BCUT2D eigenvalue weighted by Gasteiger charge is 2.04. The Morgan fingerprint density at radius 3 is 2.68 bits per heavy atom. The third-order valence-corrected chi connectivity index (χ3v) is 3.65. The first-order chi connectivity index (χ1) is 10.6. The highest BCUT2D eigenvalue weighted by Crippen LogP contribution is 2.11. The highest BCUT2D eigenvalue weighted by atomic mass is 79.9. The maximum Gasteiger partial charge on any atom is 0.280 e. The van der Waals surface area contributed by atoms with Gasteiger partial charge in [0.1, 0.15) is 5.82 Å². The first-order valence-corrected chi connectivity index (χ1v) is 7.38. The number of hydrogen-bond donors (Lipinski definition) is 2. The molecule has 2 N–H and O–H groups in total. The quantitative estimate of drug-likeness (QED) is 0.748. The van der Waals surface area contributed by atoms with Crippen molar-refractivity contribution < 1.29 is 0 Å². The number of nitrogens with one attached hydrogen (secondary N) is 2. The molecule has 6 heteroatoms. The van der Waals surface area contributed by atoms with Gasteiger partial charge in [0.25, 0.3) is 5.56 Å². The average molecular weight is 357 g/mol. The lowest BCUT2D eigenvalue weighted by molar-refractivity contribution is 0.838. The van der Waals surface area contributed by atoms with Crippen LogP contribution in [0, 0.1) is 0 Å². The smallest absolute Gasteiger partial charge is 0.280 e. The minimum atomic E-state index is -0.171. The molecule has 0 atom stereocenters. The van der Waals surface area contributed by atoms with Gasteiger partial charge in [0.05, 0.1) is 16.3 Å². The molecule has 0 saturated heterocycles. The van der Waals surface area contributed by atoms with Gasteiger partial charge in [-0.15, -0.1) is 0 Å². The Hall–Kier alpha value is -2.60. The minimum Gasteiger partial charge on any atom is -0.346 e. The molecule has 0 saturated carbocycles. The van der Waals surface area contributed by atoms with Crippen molar-refractivity contribution in [1.82, 2.24) is 14.8 Å². The van der Waals surface area contributed by atoms with Gasteiger partial charge in [0, 0.05) is 16.9 Å². The summed E-state index contributed by atoms with van der Waals surface area (Å²) in [7, 11) is 0. The number of hydrogen-bond acceptors (Lipinski definition) is 3. The maximum atomic E-state index is 12.5. The van der Waals surface area contributed by atoms with Crippen LogP contribution in [-0.2, 0) is 0 Å². The molecule has 0 unspecified atom stereocenters. The molecule has 0 spiro atoms. The summed E-state index contributed by atoms with van der Waals surface area (Å²) in [5.41, 5.74) is 0.575. The second-order valence-electron chi connectivity index (χ2n) is 4.62. The lowest BCUT2D eigenvalue weighted by atomic mass is 10.3. The Morgan fingerprint density at radius 2 is 2.00 bits per heavy atom. The van der Waals surface area contributed by atoms with Crippen molar-refractivity contribution >= 4 is 34.5 Å². The van der Waals surface area contributed by atoms with E-state index in [-0.39, 0.29) is 5.56 Å². The van der Waals surface area contributed by atoms with Gasteiger partial charge in [-0.25, -0.2) is 9.67 Å². The summed E-state index contributed by atoms with van der Waals surface area (Å²) in [5, 5.41) is 6.98. The van der Waals surface area contributed by atoms with Crippen molar-refractivity contribution in [3.8, 4) is 5.69 Å². The number of pyridine rings is 1. The van der Waals surface area contributed by atoms with E-state index in [2.05, 4.69) is 37.9 Å². The molecule has 0 aliphatic heterocycles. The zero-order chi connectivity index (χ0) is 15.5. The Kier molecular flexibility index (Phi) is 3.93. The van der Waals surface area contributed by atoms with Crippen LogP contribution in [-0.4, -0.2) is 14.8 Å². The second kappa shape index (κ2) is 6.03. The fourth-order valence-corrected chi connectivity index (χ4v) is 2.27. The fourth-order valence-electron chi connectivity index (χ4n) is 2.01. The van der Waals surface area contributed by atoms with E-state index in [1.54, 1.807) is 12.4 Å². The summed E-state index contributed by atoms with van der Waals surface area (Å²) in [5.74, 6) is 0.665. The summed E-state index contributed by atoms with van der Waals surface area (Å²) < 4.78 is 2.41. The van der Waals surface area contributed by atoms with Crippen molar-refractivity contribution in [3.05, 3.63) is 74.1 Å². The van der Waals surface area contributed by atoms with Gasteiger partial charge < -0.3 is 5.32 Å². The van der Waals surface area contributed by atoms with E-state index in [0.29, 0.717) is 16.4 Å². The predicted octanol–water partition coefficient (Wildman–Crippen LogP) is 1.58. The van der Waals surface area contributed by atoms with Crippen LogP contribution in [0.5, 0.6) is 0 Å². The molecule has 2 aromatic heterocycles. The second-order valence-corrected chi connectivity index (χ2v) is 5.54. The summed E-state index contributed by atoms with van der Waals surface area (Å²) in [6.07, 6.45) is 3.29. The molecule has 110 valence electrons. The van der Waals surface area contributed by atoms with Crippen LogP contribution in [0.4, 0.5) is 5.82 Å². The Balaban J connectivity index is 2.02. The molecule has 0 bridgehead atoms. The van der Waals surface area contributed by atoms with Crippen molar-refractivity contribution in [2.45, 2.75) is 0 Å². The standard InChI is InChI=1S/C16H13BrN4O/c1-11-14(10-19-15-4-2-3-9-18-15)16(22)21(20-11)13-7-5-12(17)6-8-13/h2-10,20H,1H2,(H,18,19). The highest BCUT2D eigenvalue weighted by molar-refractivity contribution is 9.10. The van der Waals surface area contributed by atoms with E-state index in [1.807, 2.05) is 42.5 Å². The van der Waals surface area contributed by atoms with Gasteiger partial charge in [0.15, 0.2) is 0 Å². The SMILES string of the molecule is C=c1[nH]n(-c2ccc(Br)cc2)c(=O)c1=CNc1ccccn1. The van der Waals surface area contributed by atoms with Crippen LogP contribution in [0.3, 0.4) is 0 Å². The van der Waals surface area contributed by atoms with Crippen molar-refractivity contribution in [2.75, 3.05) is 5.32 Å². The van der Waals surface area contributed by atoms with Crippen LogP contribution in [0.15, 0.2) is 57.9 Å². The number of benzene rings is 1. The van der Waals surface area contributed by atoms with Crippen LogP contribution < -0.4 is 21.4 Å². The molecular formula is C16H13BrN4O. The first-order valence-electron chi connectivity index (χ1n) is 6.59. The molecule has 2 heterocycles. The van der Waals surface area contributed by atoms with Gasteiger partial charge >= 0.3 is 0 Å². The van der Waals surface area contributed by atoms with E-state index in [0.717, 1.165) is 10.2 Å². The van der Waals surface area contributed by atoms with Crippen LogP contribution in [0.2, 0.25) is 0 Å². The fraction of sp³-hybridized carbons (Fsp3) is 0. The number of anilines is 1. The minimum absolute atomic E-state index is 0.171. The van der Waals surface area contributed by atoms with Crippen molar-refractivity contribution in [3.63, 3.8) is 0 Å². The first kappa shape index (κ1) is 14.3. The lowest BCUT2D eigenvalue weighted by Crippen LogP contribution is -2.34. The maximum absolute atomic E-state index is 12.5. The Morgan fingerprint density at radius 1 is 1.23 bits per heavy atom. The van der Waals surface area contributed by atoms with Gasteiger partial charge in [-0.3, -0.25) is 9.89 Å². The number of halogens is 1. The number of nitrogens with zero attached hydrogens (tertiary/aromatic N) is 2. The number of aromatic nitrogens is 3. The number of aromatic amines is 1.